The maximum absolute atomic E-state index is 5.64. The van der Waals surface area contributed by atoms with E-state index >= 15 is 0 Å². The summed E-state index contributed by atoms with van der Waals surface area (Å²) in [4.78, 5) is 0. The third kappa shape index (κ3) is 3.62. The van der Waals surface area contributed by atoms with Crippen molar-refractivity contribution < 1.29 is 4.74 Å². The highest BCUT2D eigenvalue weighted by molar-refractivity contribution is 5.40. The Morgan fingerprint density at radius 2 is 1.94 bits per heavy atom. The highest BCUT2D eigenvalue weighted by Gasteiger charge is 2.16. The van der Waals surface area contributed by atoms with Crippen LogP contribution in [0.25, 0.3) is 0 Å². The van der Waals surface area contributed by atoms with Crippen molar-refractivity contribution in [3.05, 3.63) is 42.0 Å². The molecule has 1 nitrogen and oxygen atoms in total. The SMILES string of the molecule is C=CC(C)c1cc(OCC)cc(C(C)(C)C)c1. The summed E-state index contributed by atoms with van der Waals surface area (Å²) in [5.41, 5.74) is 2.73. The van der Waals surface area contributed by atoms with E-state index in [9.17, 15) is 0 Å². The molecule has 0 N–H and O–H groups in total. The summed E-state index contributed by atoms with van der Waals surface area (Å²) in [6.07, 6.45) is 1.97. The Balaban J connectivity index is 3.23. The zero-order valence-corrected chi connectivity index (χ0v) is 11.7. The van der Waals surface area contributed by atoms with Crippen LogP contribution in [0.4, 0.5) is 0 Å². The van der Waals surface area contributed by atoms with Gasteiger partial charge in [-0.25, -0.2) is 0 Å². The van der Waals surface area contributed by atoms with Crippen LogP contribution in [-0.4, -0.2) is 6.61 Å². The van der Waals surface area contributed by atoms with Gasteiger partial charge in [-0.3, -0.25) is 0 Å². The molecular formula is C16H24O. The Hall–Kier alpha value is -1.24. The van der Waals surface area contributed by atoms with Gasteiger partial charge in [-0.15, -0.1) is 6.58 Å². The molecule has 0 bridgehead atoms. The quantitative estimate of drug-likeness (QED) is 0.685. The van der Waals surface area contributed by atoms with Crippen molar-refractivity contribution >= 4 is 0 Å². The van der Waals surface area contributed by atoms with Gasteiger partial charge in [0.05, 0.1) is 6.61 Å². The van der Waals surface area contributed by atoms with Crippen LogP contribution in [0.2, 0.25) is 0 Å². The van der Waals surface area contributed by atoms with E-state index in [1.807, 2.05) is 13.0 Å². The van der Waals surface area contributed by atoms with Crippen molar-refractivity contribution in [2.75, 3.05) is 6.61 Å². The monoisotopic (exact) mass is 232 g/mol. The molecule has 94 valence electrons. The maximum atomic E-state index is 5.64. The molecule has 0 aliphatic rings. The number of hydrogen-bond acceptors (Lipinski definition) is 1. The summed E-state index contributed by atoms with van der Waals surface area (Å²) < 4.78 is 5.64. The first-order valence-electron chi connectivity index (χ1n) is 6.29. The van der Waals surface area contributed by atoms with E-state index in [0.717, 1.165) is 5.75 Å². The zero-order chi connectivity index (χ0) is 13.1. The van der Waals surface area contributed by atoms with Crippen LogP contribution in [0, 0.1) is 0 Å². The smallest absolute Gasteiger partial charge is 0.119 e. The van der Waals surface area contributed by atoms with Crippen molar-refractivity contribution in [1.82, 2.24) is 0 Å². The first kappa shape index (κ1) is 13.8. The largest absolute Gasteiger partial charge is 0.494 e. The van der Waals surface area contributed by atoms with Gasteiger partial charge in [0, 0.05) is 0 Å². The molecule has 0 aliphatic heterocycles. The van der Waals surface area contributed by atoms with Crippen LogP contribution in [0.3, 0.4) is 0 Å². The molecule has 1 atom stereocenters. The lowest BCUT2D eigenvalue weighted by atomic mass is 9.84. The predicted molar refractivity (Wildman–Crippen MR) is 74.9 cm³/mol. The number of ether oxygens (including phenoxy) is 1. The minimum atomic E-state index is 0.142. The van der Waals surface area contributed by atoms with Gasteiger partial charge in [0.15, 0.2) is 0 Å². The van der Waals surface area contributed by atoms with Crippen LogP contribution < -0.4 is 4.74 Å². The van der Waals surface area contributed by atoms with Gasteiger partial charge in [0.25, 0.3) is 0 Å². The van der Waals surface area contributed by atoms with E-state index in [2.05, 4.69) is 52.5 Å². The second kappa shape index (κ2) is 5.39. The molecule has 1 rings (SSSR count). The predicted octanol–water partition coefficient (Wildman–Crippen LogP) is 4.67. The van der Waals surface area contributed by atoms with Gasteiger partial charge < -0.3 is 4.74 Å². The molecule has 1 aromatic rings. The van der Waals surface area contributed by atoms with E-state index in [1.165, 1.54) is 11.1 Å². The van der Waals surface area contributed by atoms with Gasteiger partial charge in [0.1, 0.15) is 5.75 Å². The minimum absolute atomic E-state index is 0.142. The summed E-state index contributed by atoms with van der Waals surface area (Å²) >= 11 is 0. The van der Waals surface area contributed by atoms with Crippen LogP contribution in [-0.2, 0) is 5.41 Å². The van der Waals surface area contributed by atoms with Crippen LogP contribution in [0.1, 0.15) is 51.7 Å². The van der Waals surface area contributed by atoms with Gasteiger partial charge >= 0.3 is 0 Å². The molecule has 0 radical (unpaired) electrons. The standard InChI is InChI=1S/C16H24O/c1-7-12(3)13-9-14(16(4,5)6)11-15(10-13)17-8-2/h7,9-12H,1,8H2,2-6H3. The van der Waals surface area contributed by atoms with Gasteiger partial charge in [0.2, 0.25) is 0 Å². The summed E-state index contributed by atoms with van der Waals surface area (Å²) in [7, 11) is 0. The summed E-state index contributed by atoms with van der Waals surface area (Å²) in [5.74, 6) is 1.32. The van der Waals surface area contributed by atoms with Gasteiger partial charge in [-0.2, -0.15) is 0 Å². The molecule has 17 heavy (non-hydrogen) atoms. The third-order valence-electron chi connectivity index (χ3n) is 2.99. The highest BCUT2D eigenvalue weighted by Crippen LogP contribution is 2.30. The molecule has 0 saturated heterocycles. The van der Waals surface area contributed by atoms with Crippen LogP contribution in [0.15, 0.2) is 30.9 Å². The molecule has 0 spiro atoms. The first-order chi connectivity index (χ1) is 7.88. The second-order valence-electron chi connectivity index (χ2n) is 5.50. The van der Waals surface area contributed by atoms with E-state index < -0.39 is 0 Å². The Morgan fingerprint density at radius 3 is 2.41 bits per heavy atom. The summed E-state index contributed by atoms with van der Waals surface area (Å²) in [6, 6.07) is 6.52. The van der Waals surface area contributed by atoms with E-state index in [1.54, 1.807) is 0 Å². The van der Waals surface area contributed by atoms with E-state index in [4.69, 9.17) is 4.74 Å². The molecular weight excluding hydrogens is 208 g/mol. The lowest BCUT2D eigenvalue weighted by Gasteiger charge is -2.22. The third-order valence-corrected chi connectivity index (χ3v) is 2.99. The Labute approximate surface area is 106 Å². The molecule has 0 aliphatic carbocycles. The molecule has 0 saturated carbocycles. The number of hydrogen-bond donors (Lipinski definition) is 0. The first-order valence-corrected chi connectivity index (χ1v) is 6.29. The fourth-order valence-electron chi connectivity index (χ4n) is 1.70. The fraction of sp³-hybridized carbons (Fsp3) is 0.500. The molecule has 0 heterocycles. The average molecular weight is 232 g/mol. The maximum Gasteiger partial charge on any atom is 0.119 e. The van der Waals surface area contributed by atoms with Crippen molar-refractivity contribution in [3.8, 4) is 5.75 Å². The highest BCUT2D eigenvalue weighted by atomic mass is 16.5. The number of benzene rings is 1. The van der Waals surface area contributed by atoms with Crippen molar-refractivity contribution in [1.29, 1.82) is 0 Å². The fourth-order valence-corrected chi connectivity index (χ4v) is 1.70. The second-order valence-corrected chi connectivity index (χ2v) is 5.50. The molecule has 0 amide bonds. The Morgan fingerprint density at radius 1 is 1.29 bits per heavy atom. The van der Waals surface area contributed by atoms with Gasteiger partial charge in [-0.1, -0.05) is 39.8 Å². The molecule has 0 aromatic heterocycles. The topological polar surface area (TPSA) is 9.23 Å². The zero-order valence-electron chi connectivity index (χ0n) is 11.7. The van der Waals surface area contributed by atoms with Crippen molar-refractivity contribution in [3.63, 3.8) is 0 Å². The van der Waals surface area contributed by atoms with Crippen molar-refractivity contribution in [2.45, 2.75) is 46.0 Å². The lowest BCUT2D eigenvalue weighted by Crippen LogP contribution is -2.12. The van der Waals surface area contributed by atoms with E-state index in [0.29, 0.717) is 12.5 Å². The molecule has 1 aromatic carbocycles. The number of allylic oxidation sites excluding steroid dienone is 1. The Kier molecular flexibility index (Phi) is 4.39. The summed E-state index contributed by atoms with van der Waals surface area (Å²) in [6.45, 7) is 15.4. The molecule has 0 fully saturated rings. The minimum Gasteiger partial charge on any atom is -0.494 e. The van der Waals surface area contributed by atoms with Crippen LogP contribution in [0.5, 0.6) is 5.75 Å². The van der Waals surface area contributed by atoms with Crippen LogP contribution >= 0.6 is 0 Å². The Bertz CT molecular complexity index is 385. The van der Waals surface area contributed by atoms with Crippen molar-refractivity contribution in [2.24, 2.45) is 0 Å². The average Bonchev–Trinajstić information content (AvgIpc) is 2.27. The normalized spacial score (nSPS) is 13.2. The number of rotatable bonds is 4. The van der Waals surface area contributed by atoms with Gasteiger partial charge in [-0.05, 0) is 41.5 Å². The molecule has 1 heteroatoms. The lowest BCUT2D eigenvalue weighted by molar-refractivity contribution is 0.338. The molecule has 1 unspecified atom stereocenters. The summed E-state index contributed by atoms with van der Waals surface area (Å²) in [5, 5.41) is 0. The van der Waals surface area contributed by atoms with E-state index in [-0.39, 0.29) is 5.41 Å².